The number of furan rings is 1. The SMILES string of the molecule is ClCC1CC(c2ccco2)=NO1. The smallest absolute Gasteiger partial charge is 0.151 e. The molecule has 0 amide bonds. The third-order valence-electron chi connectivity index (χ3n) is 1.71. The normalized spacial score (nSPS) is 22.1. The van der Waals surface area contributed by atoms with Crippen LogP contribution in [0.2, 0.25) is 0 Å². The Balaban J connectivity index is 2.09. The zero-order valence-electron chi connectivity index (χ0n) is 6.37. The second kappa shape index (κ2) is 3.19. The molecule has 0 N–H and O–H groups in total. The molecule has 0 fully saturated rings. The summed E-state index contributed by atoms with van der Waals surface area (Å²) in [6, 6.07) is 3.69. The van der Waals surface area contributed by atoms with E-state index in [1.807, 2.05) is 12.1 Å². The summed E-state index contributed by atoms with van der Waals surface area (Å²) in [7, 11) is 0. The third kappa shape index (κ3) is 1.32. The van der Waals surface area contributed by atoms with Crippen molar-refractivity contribution in [1.29, 1.82) is 0 Å². The van der Waals surface area contributed by atoms with Gasteiger partial charge in [-0.25, -0.2) is 0 Å². The van der Waals surface area contributed by atoms with Crippen LogP contribution in [0, 0.1) is 0 Å². The molecule has 1 aliphatic rings. The van der Waals surface area contributed by atoms with Gasteiger partial charge in [0, 0.05) is 6.42 Å². The summed E-state index contributed by atoms with van der Waals surface area (Å²) in [6.45, 7) is 0. The summed E-state index contributed by atoms with van der Waals surface area (Å²) >= 11 is 5.61. The molecule has 3 nitrogen and oxygen atoms in total. The van der Waals surface area contributed by atoms with E-state index >= 15 is 0 Å². The summed E-state index contributed by atoms with van der Waals surface area (Å²) in [5.41, 5.74) is 0.839. The van der Waals surface area contributed by atoms with E-state index in [9.17, 15) is 0 Å². The molecular weight excluding hydrogens is 178 g/mol. The van der Waals surface area contributed by atoms with Crippen molar-refractivity contribution >= 4 is 17.3 Å². The molecule has 1 aliphatic heterocycles. The Morgan fingerprint density at radius 1 is 1.67 bits per heavy atom. The lowest BCUT2D eigenvalue weighted by molar-refractivity contribution is 0.102. The lowest BCUT2D eigenvalue weighted by atomic mass is 10.1. The zero-order valence-corrected chi connectivity index (χ0v) is 7.12. The maximum Gasteiger partial charge on any atom is 0.151 e. The fourth-order valence-electron chi connectivity index (χ4n) is 1.10. The molecule has 0 saturated heterocycles. The van der Waals surface area contributed by atoms with Crippen LogP contribution in [0.15, 0.2) is 28.0 Å². The van der Waals surface area contributed by atoms with Gasteiger partial charge in [-0.1, -0.05) is 5.16 Å². The molecule has 1 aromatic rings. The summed E-state index contributed by atoms with van der Waals surface area (Å²) < 4.78 is 5.16. The highest BCUT2D eigenvalue weighted by Gasteiger charge is 2.22. The van der Waals surface area contributed by atoms with Crippen LogP contribution < -0.4 is 0 Å². The maximum absolute atomic E-state index is 5.61. The molecule has 4 heteroatoms. The van der Waals surface area contributed by atoms with Crippen LogP contribution in [-0.4, -0.2) is 17.7 Å². The number of hydrogen-bond donors (Lipinski definition) is 0. The third-order valence-corrected chi connectivity index (χ3v) is 2.05. The molecule has 2 heterocycles. The molecule has 1 aromatic heterocycles. The zero-order chi connectivity index (χ0) is 8.39. The Labute approximate surface area is 74.9 Å². The quantitative estimate of drug-likeness (QED) is 0.661. The van der Waals surface area contributed by atoms with Crippen molar-refractivity contribution in [1.82, 2.24) is 0 Å². The highest BCUT2D eigenvalue weighted by atomic mass is 35.5. The maximum atomic E-state index is 5.61. The molecule has 64 valence electrons. The van der Waals surface area contributed by atoms with Gasteiger partial charge in [-0.3, -0.25) is 0 Å². The van der Waals surface area contributed by atoms with E-state index in [1.54, 1.807) is 6.26 Å². The van der Waals surface area contributed by atoms with Gasteiger partial charge in [-0.05, 0) is 12.1 Å². The predicted molar refractivity (Wildman–Crippen MR) is 45.5 cm³/mol. The van der Waals surface area contributed by atoms with Crippen LogP contribution in [-0.2, 0) is 4.84 Å². The van der Waals surface area contributed by atoms with Crippen molar-refractivity contribution in [2.45, 2.75) is 12.5 Å². The molecule has 1 atom stereocenters. The van der Waals surface area contributed by atoms with Crippen LogP contribution in [0.5, 0.6) is 0 Å². The average Bonchev–Trinajstić information content (AvgIpc) is 2.75. The number of nitrogens with zero attached hydrogens (tertiary/aromatic N) is 1. The van der Waals surface area contributed by atoms with E-state index in [4.69, 9.17) is 20.9 Å². The summed E-state index contributed by atoms with van der Waals surface area (Å²) in [5.74, 6) is 1.23. The molecule has 12 heavy (non-hydrogen) atoms. The number of alkyl halides is 1. The Bertz CT molecular complexity index is 281. The van der Waals surface area contributed by atoms with Gasteiger partial charge in [0.1, 0.15) is 11.8 Å². The number of hydrogen-bond acceptors (Lipinski definition) is 3. The van der Waals surface area contributed by atoms with Crippen LogP contribution in [0.4, 0.5) is 0 Å². The molecule has 0 spiro atoms. The molecule has 0 bridgehead atoms. The number of halogens is 1. The predicted octanol–water partition coefficient (Wildman–Crippen LogP) is 2.01. The van der Waals surface area contributed by atoms with Crippen LogP contribution in [0.25, 0.3) is 0 Å². The first kappa shape index (κ1) is 7.68. The fraction of sp³-hybridized carbons (Fsp3) is 0.375. The minimum Gasteiger partial charge on any atom is -0.463 e. The monoisotopic (exact) mass is 185 g/mol. The van der Waals surface area contributed by atoms with Gasteiger partial charge in [0.25, 0.3) is 0 Å². The molecule has 0 aromatic carbocycles. The van der Waals surface area contributed by atoms with E-state index in [-0.39, 0.29) is 6.10 Å². The molecule has 0 radical (unpaired) electrons. The van der Waals surface area contributed by atoms with Gasteiger partial charge in [0.15, 0.2) is 5.76 Å². The topological polar surface area (TPSA) is 34.7 Å². The van der Waals surface area contributed by atoms with Crippen LogP contribution in [0.1, 0.15) is 12.2 Å². The second-order valence-corrected chi connectivity index (χ2v) is 2.91. The van der Waals surface area contributed by atoms with Gasteiger partial charge in [-0.15, -0.1) is 11.6 Å². The summed E-state index contributed by atoms with van der Waals surface area (Å²) in [6.07, 6.45) is 2.36. The summed E-state index contributed by atoms with van der Waals surface area (Å²) in [5, 5.41) is 3.87. The van der Waals surface area contributed by atoms with Crippen molar-refractivity contribution in [3.8, 4) is 0 Å². The van der Waals surface area contributed by atoms with Gasteiger partial charge in [0.05, 0.1) is 12.1 Å². The Morgan fingerprint density at radius 3 is 3.17 bits per heavy atom. The van der Waals surface area contributed by atoms with Crippen LogP contribution in [0.3, 0.4) is 0 Å². The van der Waals surface area contributed by atoms with Gasteiger partial charge in [-0.2, -0.15) is 0 Å². The van der Waals surface area contributed by atoms with Crippen molar-refractivity contribution < 1.29 is 9.25 Å². The first-order valence-corrected chi connectivity index (χ1v) is 4.26. The van der Waals surface area contributed by atoms with E-state index in [1.165, 1.54) is 0 Å². The van der Waals surface area contributed by atoms with E-state index in [0.717, 1.165) is 17.9 Å². The van der Waals surface area contributed by atoms with Gasteiger partial charge >= 0.3 is 0 Å². The van der Waals surface area contributed by atoms with Crippen molar-refractivity contribution in [3.63, 3.8) is 0 Å². The van der Waals surface area contributed by atoms with Crippen LogP contribution >= 0.6 is 11.6 Å². The van der Waals surface area contributed by atoms with Crippen molar-refractivity contribution in [2.75, 3.05) is 5.88 Å². The first-order valence-electron chi connectivity index (χ1n) is 3.72. The fourth-order valence-corrected chi connectivity index (χ4v) is 1.26. The molecule has 0 saturated carbocycles. The van der Waals surface area contributed by atoms with Crippen molar-refractivity contribution in [2.24, 2.45) is 5.16 Å². The highest BCUT2D eigenvalue weighted by Crippen LogP contribution is 2.17. The number of rotatable bonds is 2. The second-order valence-electron chi connectivity index (χ2n) is 2.60. The Morgan fingerprint density at radius 2 is 2.58 bits per heavy atom. The molecular formula is C8H8ClNO2. The Hall–Kier alpha value is -0.960. The summed E-state index contributed by atoms with van der Waals surface area (Å²) in [4.78, 5) is 5.03. The number of oxime groups is 1. The lowest BCUT2D eigenvalue weighted by Crippen LogP contribution is -2.09. The average molecular weight is 186 g/mol. The van der Waals surface area contributed by atoms with Crippen molar-refractivity contribution in [3.05, 3.63) is 24.2 Å². The largest absolute Gasteiger partial charge is 0.463 e. The molecule has 0 aliphatic carbocycles. The standard InChI is InChI=1S/C8H8ClNO2/c9-5-6-4-7(10-12-6)8-2-1-3-11-8/h1-3,6H,4-5H2. The molecule has 2 rings (SSSR count). The van der Waals surface area contributed by atoms with Gasteiger partial charge < -0.3 is 9.25 Å². The Kier molecular flexibility index (Phi) is 2.04. The highest BCUT2D eigenvalue weighted by molar-refractivity contribution is 6.18. The first-order chi connectivity index (χ1) is 5.90. The van der Waals surface area contributed by atoms with Gasteiger partial charge in [0.2, 0.25) is 0 Å². The molecule has 1 unspecified atom stereocenters. The minimum atomic E-state index is 0.00627. The minimum absolute atomic E-state index is 0.00627. The van der Waals surface area contributed by atoms with E-state index in [2.05, 4.69) is 5.16 Å². The lowest BCUT2D eigenvalue weighted by Gasteiger charge is -1.99. The van der Waals surface area contributed by atoms with E-state index < -0.39 is 0 Å². The van der Waals surface area contributed by atoms with E-state index in [0.29, 0.717) is 5.88 Å².